The second kappa shape index (κ2) is 11.1. The summed E-state index contributed by atoms with van der Waals surface area (Å²) >= 11 is 6.62. The van der Waals surface area contributed by atoms with E-state index >= 15 is 0 Å². The lowest BCUT2D eigenvalue weighted by atomic mass is 10.1. The summed E-state index contributed by atoms with van der Waals surface area (Å²) in [6, 6.07) is 15.1. The van der Waals surface area contributed by atoms with E-state index in [0.29, 0.717) is 27.8 Å². The molecule has 3 amide bonds. The van der Waals surface area contributed by atoms with E-state index in [-0.39, 0.29) is 24.1 Å². The van der Waals surface area contributed by atoms with Gasteiger partial charge in [-0.2, -0.15) is 0 Å². The topological polar surface area (TPSA) is 78.5 Å². The number of thioether (sulfide) groups is 1. The number of rotatable bonds is 7. The third-order valence-electron chi connectivity index (χ3n) is 4.97. The van der Waals surface area contributed by atoms with E-state index in [1.807, 2.05) is 49.4 Å². The fourth-order valence-corrected chi connectivity index (χ4v) is 4.37. The van der Waals surface area contributed by atoms with E-state index in [9.17, 15) is 14.4 Å². The minimum Gasteiger partial charge on any atom is -0.293 e. The van der Waals surface area contributed by atoms with Crippen molar-refractivity contribution in [2.24, 2.45) is 0 Å². The van der Waals surface area contributed by atoms with Crippen molar-refractivity contribution in [1.29, 1.82) is 0 Å². The molecule has 1 heterocycles. The Morgan fingerprint density at radius 1 is 1.06 bits per heavy atom. The van der Waals surface area contributed by atoms with Gasteiger partial charge in [-0.25, -0.2) is 0 Å². The van der Waals surface area contributed by atoms with Gasteiger partial charge >= 0.3 is 0 Å². The fraction of sp³-hybridized carbons (Fsp3) is 0.250. The number of aryl methyl sites for hydroxylation is 2. The maximum Gasteiger partial charge on any atom is 0.269 e. The first-order chi connectivity index (χ1) is 15.4. The van der Waals surface area contributed by atoms with Crippen LogP contribution in [0.4, 0.5) is 0 Å². The van der Waals surface area contributed by atoms with Gasteiger partial charge in [0.2, 0.25) is 5.91 Å². The number of nitrogens with zero attached hydrogens (tertiary/aromatic N) is 1. The van der Waals surface area contributed by atoms with Gasteiger partial charge in [0.05, 0.1) is 4.91 Å². The predicted molar refractivity (Wildman–Crippen MR) is 132 cm³/mol. The number of carbonyl (C=O) groups excluding carboxylic acids is 3. The molecule has 1 aliphatic heterocycles. The molecule has 0 aromatic heterocycles. The third-order valence-corrected chi connectivity index (χ3v) is 6.35. The molecule has 6 nitrogen and oxygen atoms in total. The highest BCUT2D eigenvalue weighted by Gasteiger charge is 2.31. The van der Waals surface area contributed by atoms with E-state index in [0.717, 1.165) is 17.5 Å². The average Bonchev–Trinajstić information content (AvgIpc) is 3.05. The molecular weight excluding hydrogens is 442 g/mol. The molecule has 0 atom stereocenters. The van der Waals surface area contributed by atoms with Gasteiger partial charge in [0.15, 0.2) is 0 Å². The number of hydrazine groups is 1. The first-order valence-corrected chi connectivity index (χ1v) is 11.6. The molecular formula is C24H25N3O3S2. The summed E-state index contributed by atoms with van der Waals surface area (Å²) in [7, 11) is 0. The molecule has 0 saturated carbocycles. The highest BCUT2D eigenvalue weighted by molar-refractivity contribution is 8.26. The maximum atomic E-state index is 12.7. The van der Waals surface area contributed by atoms with Crippen LogP contribution in [-0.4, -0.2) is 33.5 Å². The van der Waals surface area contributed by atoms with Gasteiger partial charge in [0.25, 0.3) is 11.8 Å². The average molecular weight is 468 g/mol. The lowest BCUT2D eigenvalue weighted by molar-refractivity contribution is -0.124. The van der Waals surface area contributed by atoms with Gasteiger partial charge < -0.3 is 0 Å². The van der Waals surface area contributed by atoms with Crippen LogP contribution in [0.3, 0.4) is 0 Å². The standard InChI is InChI=1S/C24H25N3O3S2/c1-3-17-8-10-18(11-9-17)15-20-23(30)27(24(31)32-20)14-4-5-21(28)25-26-22(29)19-12-6-16(2)7-13-19/h6-13,15H,3-5,14H2,1-2H3,(H,25,28)(H,26,29)/b20-15-. The van der Waals surface area contributed by atoms with Crippen LogP contribution in [0.2, 0.25) is 0 Å². The van der Waals surface area contributed by atoms with E-state index in [1.165, 1.54) is 22.2 Å². The molecule has 1 fully saturated rings. The highest BCUT2D eigenvalue weighted by atomic mass is 32.2. The van der Waals surface area contributed by atoms with Crippen LogP contribution in [0.1, 0.15) is 46.8 Å². The summed E-state index contributed by atoms with van der Waals surface area (Å²) in [6.45, 7) is 4.37. The molecule has 166 valence electrons. The summed E-state index contributed by atoms with van der Waals surface area (Å²) in [5.41, 5.74) is 8.50. The molecule has 2 N–H and O–H groups in total. The molecule has 2 aromatic carbocycles. The van der Waals surface area contributed by atoms with Crippen LogP contribution in [0, 0.1) is 6.92 Å². The normalized spacial score (nSPS) is 14.7. The molecule has 0 spiro atoms. The monoisotopic (exact) mass is 467 g/mol. The number of nitrogens with one attached hydrogen (secondary N) is 2. The Balaban J connectivity index is 1.45. The predicted octanol–water partition coefficient (Wildman–Crippen LogP) is 4.00. The zero-order chi connectivity index (χ0) is 23.1. The molecule has 2 aromatic rings. The van der Waals surface area contributed by atoms with Gasteiger partial charge in [0, 0.05) is 18.5 Å². The fourth-order valence-electron chi connectivity index (χ4n) is 3.06. The lowest BCUT2D eigenvalue weighted by Gasteiger charge is -2.14. The first kappa shape index (κ1) is 23.7. The van der Waals surface area contributed by atoms with Crippen molar-refractivity contribution in [3.8, 4) is 0 Å². The summed E-state index contributed by atoms with van der Waals surface area (Å²) in [6.07, 6.45) is 3.39. The van der Waals surface area contributed by atoms with Crippen LogP contribution in [-0.2, 0) is 16.0 Å². The molecule has 3 rings (SSSR count). The number of benzene rings is 2. The lowest BCUT2D eigenvalue weighted by Crippen LogP contribution is -2.41. The zero-order valence-electron chi connectivity index (χ0n) is 18.0. The Bertz CT molecular complexity index is 1050. The van der Waals surface area contributed by atoms with Crippen LogP contribution in [0.15, 0.2) is 53.4 Å². The van der Waals surface area contributed by atoms with Gasteiger partial charge in [0.1, 0.15) is 4.32 Å². The van der Waals surface area contributed by atoms with Gasteiger partial charge in [-0.1, -0.05) is 72.9 Å². The molecule has 0 radical (unpaired) electrons. The quantitative estimate of drug-likeness (QED) is 0.366. The van der Waals surface area contributed by atoms with E-state index in [2.05, 4.69) is 17.8 Å². The van der Waals surface area contributed by atoms with Crippen molar-refractivity contribution in [2.75, 3.05) is 6.54 Å². The van der Waals surface area contributed by atoms with Gasteiger partial charge in [-0.15, -0.1) is 0 Å². The van der Waals surface area contributed by atoms with E-state index in [1.54, 1.807) is 12.1 Å². The molecule has 0 bridgehead atoms. The van der Waals surface area contributed by atoms with Crippen molar-refractivity contribution in [2.45, 2.75) is 33.1 Å². The number of hydrogen-bond acceptors (Lipinski definition) is 5. The van der Waals surface area contributed by atoms with Crippen molar-refractivity contribution >= 4 is 52.1 Å². The van der Waals surface area contributed by atoms with Crippen LogP contribution in [0.5, 0.6) is 0 Å². The van der Waals surface area contributed by atoms with Crippen LogP contribution in [0.25, 0.3) is 6.08 Å². The number of carbonyl (C=O) groups is 3. The van der Waals surface area contributed by atoms with Crippen molar-refractivity contribution in [3.05, 3.63) is 75.7 Å². The van der Waals surface area contributed by atoms with Crippen molar-refractivity contribution in [3.63, 3.8) is 0 Å². The summed E-state index contributed by atoms with van der Waals surface area (Å²) in [5.74, 6) is -0.859. The largest absolute Gasteiger partial charge is 0.293 e. The summed E-state index contributed by atoms with van der Waals surface area (Å²) in [5, 5.41) is 0. The van der Waals surface area contributed by atoms with Crippen molar-refractivity contribution < 1.29 is 14.4 Å². The Hall–Kier alpha value is -2.97. The minimum absolute atomic E-state index is 0.146. The summed E-state index contributed by atoms with van der Waals surface area (Å²) < 4.78 is 0.486. The smallest absolute Gasteiger partial charge is 0.269 e. The number of hydrogen-bond donors (Lipinski definition) is 2. The highest BCUT2D eigenvalue weighted by Crippen LogP contribution is 2.32. The molecule has 32 heavy (non-hydrogen) atoms. The molecule has 0 unspecified atom stereocenters. The molecule has 1 saturated heterocycles. The summed E-state index contributed by atoms with van der Waals surface area (Å²) in [4.78, 5) is 38.9. The molecule has 1 aliphatic rings. The van der Waals surface area contributed by atoms with Gasteiger partial charge in [-0.3, -0.25) is 30.1 Å². The first-order valence-electron chi connectivity index (χ1n) is 10.4. The van der Waals surface area contributed by atoms with Crippen molar-refractivity contribution in [1.82, 2.24) is 15.8 Å². The Morgan fingerprint density at radius 2 is 1.75 bits per heavy atom. The molecule has 8 heteroatoms. The number of amides is 3. The van der Waals surface area contributed by atoms with Crippen LogP contribution < -0.4 is 10.9 Å². The second-order valence-corrected chi connectivity index (χ2v) is 9.08. The third kappa shape index (κ3) is 6.27. The van der Waals surface area contributed by atoms with Gasteiger partial charge in [-0.05, 0) is 49.1 Å². The minimum atomic E-state index is -0.382. The zero-order valence-corrected chi connectivity index (χ0v) is 19.6. The molecule has 0 aliphatic carbocycles. The number of thiocarbonyl (C=S) groups is 1. The van der Waals surface area contributed by atoms with Crippen LogP contribution >= 0.6 is 24.0 Å². The van der Waals surface area contributed by atoms with E-state index < -0.39 is 0 Å². The Morgan fingerprint density at radius 3 is 2.41 bits per heavy atom. The van der Waals surface area contributed by atoms with E-state index in [4.69, 9.17) is 12.2 Å². The SMILES string of the molecule is CCc1ccc(/C=C2\SC(=S)N(CCCC(=O)NNC(=O)c3ccc(C)cc3)C2=O)cc1. The maximum absolute atomic E-state index is 12.7. The second-order valence-electron chi connectivity index (χ2n) is 7.40. The Labute approximate surface area is 197 Å². The Kier molecular flexibility index (Phi) is 8.19.